The number of benzene rings is 1. The van der Waals surface area contributed by atoms with Crippen molar-refractivity contribution in [3.8, 4) is 5.75 Å². The number of aryl methyl sites for hydroxylation is 1. The topological polar surface area (TPSA) is 67.8 Å². The number of carbonyl (C=O) groups excluding carboxylic acids is 1. The summed E-state index contributed by atoms with van der Waals surface area (Å²) in [6.45, 7) is 1.12. The van der Waals surface area contributed by atoms with E-state index in [0.717, 1.165) is 24.2 Å². The summed E-state index contributed by atoms with van der Waals surface area (Å²) in [4.78, 5) is 12.0. The van der Waals surface area contributed by atoms with Crippen LogP contribution >= 0.6 is 0 Å². The van der Waals surface area contributed by atoms with Crippen LogP contribution in [0.4, 0.5) is 0 Å². The number of amides is 1. The molecule has 1 heterocycles. The number of aliphatic hydroxyl groups is 1. The van der Waals surface area contributed by atoms with Crippen LogP contribution in [0.3, 0.4) is 0 Å². The van der Waals surface area contributed by atoms with Crippen LogP contribution in [0.1, 0.15) is 44.1 Å². The molecule has 5 nitrogen and oxygen atoms in total. The third-order valence-corrected chi connectivity index (χ3v) is 4.84. The van der Waals surface area contributed by atoms with Gasteiger partial charge in [-0.05, 0) is 49.8 Å². The maximum atomic E-state index is 12.0. The van der Waals surface area contributed by atoms with Gasteiger partial charge in [0.2, 0.25) is 5.91 Å². The smallest absolute Gasteiger partial charge is 0.220 e. The van der Waals surface area contributed by atoms with Crippen LogP contribution in [0.2, 0.25) is 0 Å². The van der Waals surface area contributed by atoms with Crippen molar-refractivity contribution in [2.75, 3.05) is 19.8 Å². The Morgan fingerprint density at radius 2 is 2.21 bits per heavy atom. The zero-order chi connectivity index (χ0) is 16.8. The van der Waals surface area contributed by atoms with Gasteiger partial charge in [-0.3, -0.25) is 4.79 Å². The van der Waals surface area contributed by atoms with Crippen LogP contribution < -0.4 is 10.1 Å². The molecule has 1 atom stereocenters. The van der Waals surface area contributed by atoms with E-state index < -0.39 is 5.60 Å². The average Bonchev–Trinajstić information content (AvgIpc) is 3.24. The first-order valence-electron chi connectivity index (χ1n) is 8.95. The Morgan fingerprint density at radius 3 is 2.96 bits per heavy atom. The highest BCUT2D eigenvalue weighted by atomic mass is 16.5. The van der Waals surface area contributed by atoms with Crippen molar-refractivity contribution >= 4 is 5.91 Å². The second-order valence-electron chi connectivity index (χ2n) is 6.98. The van der Waals surface area contributed by atoms with E-state index >= 15 is 0 Å². The van der Waals surface area contributed by atoms with E-state index in [-0.39, 0.29) is 12.5 Å². The van der Waals surface area contributed by atoms with E-state index in [9.17, 15) is 9.90 Å². The highest BCUT2D eigenvalue weighted by Crippen LogP contribution is 2.25. The zero-order valence-corrected chi connectivity index (χ0v) is 14.1. The maximum absolute atomic E-state index is 12.0. The van der Waals surface area contributed by atoms with Crippen LogP contribution in [0.5, 0.6) is 5.75 Å². The second kappa shape index (κ2) is 7.99. The minimum atomic E-state index is -0.898. The van der Waals surface area contributed by atoms with Gasteiger partial charge < -0.3 is 19.9 Å². The highest BCUT2D eigenvalue weighted by molar-refractivity contribution is 5.76. The van der Waals surface area contributed by atoms with Gasteiger partial charge in [0.1, 0.15) is 11.4 Å². The molecule has 1 aromatic carbocycles. The molecule has 0 radical (unpaired) electrons. The van der Waals surface area contributed by atoms with Crippen LogP contribution in [0.15, 0.2) is 24.3 Å². The lowest BCUT2D eigenvalue weighted by molar-refractivity contribution is -0.122. The average molecular weight is 333 g/mol. The Balaban J connectivity index is 1.42. The van der Waals surface area contributed by atoms with E-state index in [0.29, 0.717) is 38.6 Å². The normalized spacial score (nSPS) is 24.2. The van der Waals surface area contributed by atoms with Gasteiger partial charge in [-0.25, -0.2) is 0 Å². The summed E-state index contributed by atoms with van der Waals surface area (Å²) >= 11 is 0. The number of ether oxygens (including phenoxy) is 2. The Morgan fingerprint density at radius 1 is 1.38 bits per heavy atom. The van der Waals surface area contributed by atoms with Gasteiger partial charge in [0.25, 0.3) is 0 Å². The van der Waals surface area contributed by atoms with E-state index in [2.05, 4.69) is 5.32 Å². The molecule has 1 saturated carbocycles. The van der Waals surface area contributed by atoms with E-state index in [1.807, 2.05) is 24.3 Å². The summed E-state index contributed by atoms with van der Waals surface area (Å²) in [5, 5.41) is 12.9. The highest BCUT2D eigenvalue weighted by Gasteiger charge is 2.32. The predicted molar refractivity (Wildman–Crippen MR) is 91.0 cm³/mol. The lowest BCUT2D eigenvalue weighted by Crippen LogP contribution is -2.43. The summed E-state index contributed by atoms with van der Waals surface area (Å²) in [7, 11) is 0. The van der Waals surface area contributed by atoms with E-state index in [1.165, 1.54) is 12.8 Å². The van der Waals surface area contributed by atoms with Gasteiger partial charge in [0.15, 0.2) is 0 Å². The standard InChI is InChI=1S/C19H27NO4/c21-18(20-13-19(22)10-11-23-14-19)9-8-15-4-3-7-17(12-15)24-16-5-1-2-6-16/h3-4,7,12,16,22H,1-2,5-6,8-11,13-14H2,(H,20,21)/t19-/m0/s1. The second-order valence-corrected chi connectivity index (χ2v) is 6.98. The molecule has 1 saturated heterocycles. The largest absolute Gasteiger partial charge is 0.490 e. The molecule has 1 aliphatic carbocycles. The van der Waals surface area contributed by atoms with Gasteiger partial charge in [0.05, 0.1) is 12.7 Å². The van der Waals surface area contributed by atoms with Crippen LogP contribution in [-0.4, -0.2) is 42.5 Å². The Kier molecular flexibility index (Phi) is 5.74. The fourth-order valence-corrected chi connectivity index (χ4v) is 3.32. The molecule has 3 rings (SSSR count). The van der Waals surface area contributed by atoms with Crippen LogP contribution in [0, 0.1) is 0 Å². The van der Waals surface area contributed by atoms with Crippen molar-refractivity contribution in [1.29, 1.82) is 0 Å². The first-order chi connectivity index (χ1) is 11.6. The molecule has 24 heavy (non-hydrogen) atoms. The summed E-state index contributed by atoms with van der Waals surface area (Å²) in [6, 6.07) is 8.02. The quantitative estimate of drug-likeness (QED) is 0.803. The lowest BCUT2D eigenvalue weighted by atomic mass is 10.0. The predicted octanol–water partition coefficient (Wildman–Crippen LogP) is 2.21. The molecule has 5 heteroatoms. The number of nitrogens with one attached hydrogen (secondary N) is 1. The lowest BCUT2D eigenvalue weighted by Gasteiger charge is -2.20. The third kappa shape index (κ3) is 4.95. The molecular formula is C19H27NO4. The fourth-order valence-electron chi connectivity index (χ4n) is 3.32. The van der Waals surface area contributed by atoms with Gasteiger partial charge in [0, 0.05) is 26.0 Å². The zero-order valence-electron chi connectivity index (χ0n) is 14.1. The van der Waals surface area contributed by atoms with Gasteiger partial charge in [-0.15, -0.1) is 0 Å². The Bertz CT molecular complexity index is 548. The maximum Gasteiger partial charge on any atom is 0.220 e. The first-order valence-corrected chi connectivity index (χ1v) is 8.95. The number of hydrogen-bond donors (Lipinski definition) is 2. The molecule has 0 bridgehead atoms. The molecule has 1 aromatic rings. The summed E-state index contributed by atoms with van der Waals surface area (Å²) in [5.74, 6) is 0.856. The molecule has 0 aromatic heterocycles. The van der Waals surface area contributed by atoms with Crippen LogP contribution in [0.25, 0.3) is 0 Å². The minimum absolute atomic E-state index is 0.0440. The van der Waals surface area contributed by atoms with Crippen molar-refractivity contribution in [2.24, 2.45) is 0 Å². The summed E-state index contributed by atoms with van der Waals surface area (Å²) in [6.07, 6.45) is 6.78. The summed E-state index contributed by atoms with van der Waals surface area (Å²) in [5.41, 5.74) is 0.202. The monoisotopic (exact) mass is 333 g/mol. The van der Waals surface area contributed by atoms with Crippen LogP contribution in [-0.2, 0) is 16.0 Å². The van der Waals surface area contributed by atoms with Gasteiger partial charge in [-0.1, -0.05) is 12.1 Å². The van der Waals surface area contributed by atoms with Crippen molar-refractivity contribution in [1.82, 2.24) is 5.32 Å². The van der Waals surface area contributed by atoms with E-state index in [4.69, 9.17) is 9.47 Å². The number of rotatable bonds is 7. The Hall–Kier alpha value is -1.59. The number of hydrogen-bond acceptors (Lipinski definition) is 4. The van der Waals surface area contributed by atoms with Crippen molar-refractivity contribution in [2.45, 2.75) is 56.7 Å². The number of carbonyl (C=O) groups is 1. The molecule has 2 N–H and O–H groups in total. The molecule has 0 unspecified atom stereocenters. The minimum Gasteiger partial charge on any atom is -0.490 e. The van der Waals surface area contributed by atoms with Crippen molar-refractivity contribution < 1.29 is 19.4 Å². The van der Waals surface area contributed by atoms with Crippen molar-refractivity contribution in [3.63, 3.8) is 0 Å². The molecule has 2 fully saturated rings. The van der Waals surface area contributed by atoms with Crippen molar-refractivity contribution in [3.05, 3.63) is 29.8 Å². The molecular weight excluding hydrogens is 306 g/mol. The van der Waals surface area contributed by atoms with Gasteiger partial charge >= 0.3 is 0 Å². The molecule has 1 amide bonds. The van der Waals surface area contributed by atoms with Gasteiger partial charge in [-0.2, -0.15) is 0 Å². The molecule has 0 spiro atoms. The molecule has 2 aliphatic rings. The molecule has 1 aliphatic heterocycles. The SMILES string of the molecule is O=C(CCc1cccc(OC2CCCC2)c1)NC[C@@]1(O)CCOC1. The Labute approximate surface area is 143 Å². The first kappa shape index (κ1) is 17.2. The third-order valence-electron chi connectivity index (χ3n) is 4.84. The summed E-state index contributed by atoms with van der Waals surface area (Å²) < 4.78 is 11.2. The van der Waals surface area contributed by atoms with E-state index in [1.54, 1.807) is 0 Å². The molecule has 132 valence electrons. The fraction of sp³-hybridized carbons (Fsp3) is 0.632.